The molecule has 0 aromatic heterocycles. The van der Waals surface area contributed by atoms with Crippen molar-refractivity contribution in [3.63, 3.8) is 0 Å². The Morgan fingerprint density at radius 2 is 1.82 bits per heavy atom. The smallest absolute Gasteiger partial charge is 0.244 e. The molecule has 1 atom stereocenters. The standard InChI is InChI=1S/C19H20FNO/c1-13-4-10-18(14(2)12-13)15(3)21-19(22)11-7-16-5-8-17(20)9-6-16/h4-12,15H,1-3H3,(H,21,22)/b11-7+. The summed E-state index contributed by atoms with van der Waals surface area (Å²) in [5.41, 5.74) is 4.26. The molecule has 1 amide bonds. The SMILES string of the molecule is Cc1ccc(C(C)NC(=O)/C=C/c2ccc(F)cc2)c(C)c1. The lowest BCUT2D eigenvalue weighted by Gasteiger charge is -2.16. The lowest BCUT2D eigenvalue weighted by atomic mass is 10.0. The molecule has 0 aliphatic rings. The second kappa shape index (κ2) is 7.03. The fraction of sp³-hybridized carbons (Fsp3) is 0.211. The predicted molar refractivity (Wildman–Crippen MR) is 87.9 cm³/mol. The van der Waals surface area contributed by atoms with Crippen molar-refractivity contribution >= 4 is 12.0 Å². The van der Waals surface area contributed by atoms with Crippen molar-refractivity contribution in [2.24, 2.45) is 0 Å². The number of benzene rings is 2. The highest BCUT2D eigenvalue weighted by Crippen LogP contribution is 2.18. The zero-order valence-corrected chi connectivity index (χ0v) is 13.1. The molecule has 22 heavy (non-hydrogen) atoms. The van der Waals surface area contributed by atoms with E-state index in [9.17, 15) is 9.18 Å². The van der Waals surface area contributed by atoms with Gasteiger partial charge in [0, 0.05) is 6.08 Å². The van der Waals surface area contributed by atoms with E-state index < -0.39 is 0 Å². The van der Waals surface area contributed by atoms with Crippen molar-refractivity contribution in [3.8, 4) is 0 Å². The van der Waals surface area contributed by atoms with Crippen LogP contribution in [0.15, 0.2) is 48.5 Å². The predicted octanol–water partition coefficient (Wildman–Crippen LogP) is 4.33. The fourth-order valence-corrected chi connectivity index (χ4v) is 2.40. The Balaban J connectivity index is 2.00. The molecule has 2 nitrogen and oxygen atoms in total. The number of nitrogens with one attached hydrogen (secondary N) is 1. The van der Waals surface area contributed by atoms with Gasteiger partial charge in [0.2, 0.25) is 5.91 Å². The van der Waals surface area contributed by atoms with Crippen LogP contribution < -0.4 is 5.32 Å². The Labute approximate surface area is 130 Å². The summed E-state index contributed by atoms with van der Waals surface area (Å²) in [6.45, 7) is 6.05. The van der Waals surface area contributed by atoms with E-state index in [1.54, 1.807) is 18.2 Å². The Kier molecular flexibility index (Phi) is 5.10. The van der Waals surface area contributed by atoms with Gasteiger partial charge in [-0.3, -0.25) is 4.79 Å². The molecule has 0 saturated carbocycles. The molecule has 0 radical (unpaired) electrons. The van der Waals surface area contributed by atoms with Crippen LogP contribution in [-0.4, -0.2) is 5.91 Å². The van der Waals surface area contributed by atoms with E-state index >= 15 is 0 Å². The quantitative estimate of drug-likeness (QED) is 0.836. The minimum atomic E-state index is -0.287. The van der Waals surface area contributed by atoms with Gasteiger partial charge in [-0.05, 0) is 55.7 Å². The number of amides is 1. The molecule has 0 bridgehead atoms. The summed E-state index contributed by atoms with van der Waals surface area (Å²) in [5, 5.41) is 2.94. The summed E-state index contributed by atoms with van der Waals surface area (Å²) in [6.07, 6.45) is 3.14. The molecule has 1 N–H and O–H groups in total. The van der Waals surface area contributed by atoms with Gasteiger partial charge in [0.1, 0.15) is 5.82 Å². The first-order chi connectivity index (χ1) is 10.5. The second-order valence-electron chi connectivity index (χ2n) is 5.48. The molecule has 0 aliphatic heterocycles. The van der Waals surface area contributed by atoms with Crippen molar-refractivity contribution in [1.82, 2.24) is 5.32 Å². The summed E-state index contributed by atoms with van der Waals surface area (Å²) in [6, 6.07) is 12.1. The van der Waals surface area contributed by atoms with E-state index in [0.717, 1.165) is 16.7 Å². The van der Waals surface area contributed by atoms with Gasteiger partial charge in [0.05, 0.1) is 6.04 Å². The van der Waals surface area contributed by atoms with Gasteiger partial charge in [0.15, 0.2) is 0 Å². The monoisotopic (exact) mass is 297 g/mol. The third-order valence-corrected chi connectivity index (χ3v) is 3.55. The van der Waals surface area contributed by atoms with Crippen LogP contribution in [0.4, 0.5) is 4.39 Å². The van der Waals surface area contributed by atoms with Crippen LogP contribution in [0.25, 0.3) is 6.08 Å². The number of carbonyl (C=O) groups excluding carboxylic acids is 1. The summed E-state index contributed by atoms with van der Waals surface area (Å²) >= 11 is 0. The number of rotatable bonds is 4. The molecule has 0 saturated heterocycles. The zero-order valence-electron chi connectivity index (χ0n) is 13.1. The highest BCUT2D eigenvalue weighted by molar-refractivity contribution is 5.91. The van der Waals surface area contributed by atoms with Gasteiger partial charge < -0.3 is 5.32 Å². The van der Waals surface area contributed by atoms with Gasteiger partial charge in [-0.1, -0.05) is 35.9 Å². The maximum Gasteiger partial charge on any atom is 0.244 e. The fourth-order valence-electron chi connectivity index (χ4n) is 2.40. The molecule has 114 valence electrons. The summed E-state index contributed by atoms with van der Waals surface area (Å²) < 4.78 is 12.8. The van der Waals surface area contributed by atoms with E-state index in [2.05, 4.69) is 11.4 Å². The minimum Gasteiger partial charge on any atom is -0.346 e. The third-order valence-electron chi connectivity index (χ3n) is 3.55. The lowest BCUT2D eigenvalue weighted by Crippen LogP contribution is -2.25. The Hall–Kier alpha value is -2.42. The molecule has 3 heteroatoms. The van der Waals surface area contributed by atoms with Crippen molar-refractivity contribution in [2.75, 3.05) is 0 Å². The maximum absolute atomic E-state index is 12.8. The van der Waals surface area contributed by atoms with Gasteiger partial charge in [-0.2, -0.15) is 0 Å². The molecule has 0 heterocycles. The number of hydrogen-bond donors (Lipinski definition) is 1. The van der Waals surface area contributed by atoms with Crippen molar-refractivity contribution < 1.29 is 9.18 Å². The van der Waals surface area contributed by atoms with E-state index in [-0.39, 0.29) is 17.8 Å². The molecule has 2 rings (SSSR count). The number of aryl methyl sites for hydroxylation is 2. The normalized spacial score (nSPS) is 12.4. The minimum absolute atomic E-state index is 0.0639. The Morgan fingerprint density at radius 3 is 2.45 bits per heavy atom. The molecule has 0 spiro atoms. The van der Waals surface area contributed by atoms with Crippen molar-refractivity contribution in [1.29, 1.82) is 0 Å². The van der Waals surface area contributed by atoms with Gasteiger partial charge >= 0.3 is 0 Å². The van der Waals surface area contributed by atoms with Gasteiger partial charge in [-0.25, -0.2) is 4.39 Å². The first-order valence-corrected chi connectivity index (χ1v) is 7.27. The van der Waals surface area contributed by atoms with Crippen LogP contribution in [0.1, 0.15) is 35.2 Å². The first kappa shape index (κ1) is 16.0. The molecule has 0 fully saturated rings. The van der Waals surface area contributed by atoms with Crippen molar-refractivity contribution in [3.05, 3.63) is 76.6 Å². The number of hydrogen-bond acceptors (Lipinski definition) is 1. The van der Waals surface area contributed by atoms with Crippen LogP contribution >= 0.6 is 0 Å². The van der Waals surface area contributed by atoms with Crippen LogP contribution in [0.3, 0.4) is 0 Å². The average molecular weight is 297 g/mol. The molecule has 1 unspecified atom stereocenters. The van der Waals surface area contributed by atoms with Gasteiger partial charge in [0.25, 0.3) is 0 Å². The third kappa shape index (κ3) is 4.29. The largest absolute Gasteiger partial charge is 0.346 e. The van der Waals surface area contributed by atoms with E-state index in [1.165, 1.54) is 23.8 Å². The van der Waals surface area contributed by atoms with E-state index in [0.29, 0.717) is 0 Å². The first-order valence-electron chi connectivity index (χ1n) is 7.27. The Bertz CT molecular complexity index is 689. The highest BCUT2D eigenvalue weighted by atomic mass is 19.1. The number of carbonyl (C=O) groups is 1. The van der Waals surface area contributed by atoms with Crippen LogP contribution in [0.2, 0.25) is 0 Å². The topological polar surface area (TPSA) is 29.1 Å². The molecule has 0 aliphatic carbocycles. The van der Waals surface area contributed by atoms with E-state index in [4.69, 9.17) is 0 Å². The van der Waals surface area contributed by atoms with E-state index in [1.807, 2.05) is 32.9 Å². The van der Waals surface area contributed by atoms with Crippen LogP contribution in [0, 0.1) is 19.7 Å². The zero-order chi connectivity index (χ0) is 16.1. The van der Waals surface area contributed by atoms with Crippen LogP contribution in [0.5, 0.6) is 0 Å². The molecular formula is C19H20FNO. The maximum atomic E-state index is 12.8. The number of halogens is 1. The summed E-state index contributed by atoms with van der Waals surface area (Å²) in [4.78, 5) is 12.0. The average Bonchev–Trinajstić information content (AvgIpc) is 2.46. The van der Waals surface area contributed by atoms with Gasteiger partial charge in [-0.15, -0.1) is 0 Å². The van der Waals surface area contributed by atoms with Crippen molar-refractivity contribution in [2.45, 2.75) is 26.8 Å². The molecular weight excluding hydrogens is 277 g/mol. The summed E-state index contributed by atoms with van der Waals surface area (Å²) in [7, 11) is 0. The molecule has 2 aromatic carbocycles. The second-order valence-corrected chi connectivity index (χ2v) is 5.48. The van der Waals surface area contributed by atoms with Crippen LogP contribution in [-0.2, 0) is 4.79 Å². The lowest BCUT2D eigenvalue weighted by molar-refractivity contribution is -0.117. The molecule has 2 aromatic rings. The highest BCUT2D eigenvalue weighted by Gasteiger charge is 2.10. The summed E-state index contributed by atoms with van der Waals surface area (Å²) in [5.74, 6) is -0.457. The Morgan fingerprint density at radius 1 is 1.14 bits per heavy atom.